The molecule has 0 heterocycles. The van der Waals surface area contributed by atoms with Crippen LogP contribution in [-0.2, 0) is 26.4 Å². The number of carboxylic acid groups (broad SMARTS) is 1. The zero-order valence-corrected chi connectivity index (χ0v) is 6.87. The standard InChI is InChI=1S/CH2O2.Fe.Li.H3O4P/c2-1-3;;;1-5(2,3)4/h1H,(H,2,3);;;(H3,1,2,3,4)/q;+2;+1;/p-3. The summed E-state index contributed by atoms with van der Waals surface area (Å²) in [6.07, 6.45) is 0. The van der Waals surface area contributed by atoms with Crippen molar-refractivity contribution in [1.29, 1.82) is 0 Å². The van der Waals surface area contributed by atoms with Crippen molar-refractivity contribution in [2.45, 2.75) is 0 Å². The Balaban J connectivity index is -0.0000000326. The van der Waals surface area contributed by atoms with Gasteiger partial charge in [0.15, 0.2) is 0 Å². The van der Waals surface area contributed by atoms with Crippen LogP contribution in [0.5, 0.6) is 0 Å². The fourth-order valence-corrected chi connectivity index (χ4v) is 0. The Kier molecular flexibility index (Phi) is 27.8. The van der Waals surface area contributed by atoms with Crippen molar-refractivity contribution in [3.63, 3.8) is 0 Å². The summed E-state index contributed by atoms with van der Waals surface area (Å²) in [5, 5.41) is 8.25. The summed E-state index contributed by atoms with van der Waals surface area (Å²) in [6.45, 7) is -0.500. The maximum Gasteiger partial charge on any atom is 2.00 e. The van der Waals surface area contributed by atoms with Gasteiger partial charge in [-0.1, -0.05) is 0 Å². The number of carbonyl (C=O) groups excluding carboxylic acids is 1. The van der Waals surface area contributed by atoms with Crippen molar-refractivity contribution in [3.8, 4) is 0 Å². The normalized spacial score (nSPS) is 7.10. The van der Waals surface area contributed by atoms with Crippen LogP contribution < -0.4 is 33.8 Å². The number of hydrogen-bond donors (Lipinski definition) is 1. The van der Waals surface area contributed by atoms with Crippen molar-refractivity contribution >= 4 is 14.3 Å². The third-order valence-electron chi connectivity index (χ3n) is 0. The van der Waals surface area contributed by atoms with E-state index >= 15 is 0 Å². The van der Waals surface area contributed by atoms with Crippen LogP contribution in [0.2, 0.25) is 0 Å². The van der Waals surface area contributed by atoms with E-state index in [1.54, 1.807) is 0 Å². The molecule has 0 amide bonds. The average Bonchev–Trinajstić information content (AvgIpc) is 1.27. The van der Waals surface area contributed by atoms with E-state index in [1.807, 2.05) is 0 Å². The molecule has 0 aromatic carbocycles. The van der Waals surface area contributed by atoms with Gasteiger partial charge in [0.05, 0.1) is 7.82 Å². The molecule has 0 aliphatic rings. The third-order valence-corrected chi connectivity index (χ3v) is 0. The van der Waals surface area contributed by atoms with Crippen molar-refractivity contribution in [1.82, 2.24) is 0 Å². The zero-order chi connectivity index (χ0) is 7.21. The van der Waals surface area contributed by atoms with E-state index in [1.165, 1.54) is 0 Å². The van der Waals surface area contributed by atoms with Crippen LogP contribution in [0.15, 0.2) is 0 Å². The van der Waals surface area contributed by atoms with E-state index in [2.05, 4.69) is 0 Å². The van der Waals surface area contributed by atoms with Crippen LogP contribution >= 0.6 is 7.82 Å². The van der Waals surface area contributed by atoms with Gasteiger partial charge in [-0.25, -0.2) is 0 Å². The second kappa shape index (κ2) is 12.4. The van der Waals surface area contributed by atoms with Gasteiger partial charge in [-0.3, -0.25) is 0 Å². The topological polar surface area (TPSA) is 124 Å². The third kappa shape index (κ3) is 1060. The molecular weight excluding hydrogens is 202 g/mol. The number of phosphoric acid groups is 1. The fourth-order valence-electron chi connectivity index (χ4n) is 0. The molecule has 1 N–H and O–H groups in total. The number of carbonyl (C=O) groups is 1. The van der Waals surface area contributed by atoms with Crippen LogP contribution in [0.4, 0.5) is 0 Å². The largest absolute Gasteiger partial charge is 2.00 e. The molecule has 9 heteroatoms. The summed E-state index contributed by atoms with van der Waals surface area (Å²) < 4.78 is 8.66. The molecule has 10 heavy (non-hydrogen) atoms. The van der Waals surface area contributed by atoms with Crippen LogP contribution in [0.1, 0.15) is 0 Å². The first-order valence-electron chi connectivity index (χ1n) is 1.22. The molecule has 6 nitrogen and oxygen atoms in total. The van der Waals surface area contributed by atoms with Gasteiger partial charge in [-0.2, -0.15) is 0 Å². The summed E-state index contributed by atoms with van der Waals surface area (Å²) in [6, 6.07) is 0. The van der Waals surface area contributed by atoms with Crippen molar-refractivity contribution in [2.75, 3.05) is 0 Å². The first kappa shape index (κ1) is 22.4. The molecule has 0 aliphatic carbocycles. The van der Waals surface area contributed by atoms with E-state index in [0.29, 0.717) is 0 Å². The van der Waals surface area contributed by atoms with Gasteiger partial charge in [0, 0.05) is 6.47 Å². The Bertz CT molecular complexity index is 91.7. The Morgan fingerprint density at radius 2 is 1.40 bits per heavy atom. The van der Waals surface area contributed by atoms with Gasteiger partial charge < -0.3 is 29.1 Å². The first-order valence-corrected chi connectivity index (χ1v) is 2.71. The van der Waals surface area contributed by atoms with Crippen LogP contribution in [-0.4, -0.2) is 11.4 Å². The Hall–Kier alpha value is 0.697. The second-order valence-corrected chi connectivity index (χ2v) is 1.50. The van der Waals surface area contributed by atoms with Crippen molar-refractivity contribution in [2.24, 2.45) is 0 Å². The smallest absolute Gasteiger partial charge is 0.790 e. The van der Waals surface area contributed by atoms with Gasteiger partial charge in [-0.05, 0) is 0 Å². The minimum Gasteiger partial charge on any atom is -0.790 e. The summed E-state index contributed by atoms with van der Waals surface area (Å²) >= 11 is 0. The van der Waals surface area contributed by atoms with Gasteiger partial charge in [0.1, 0.15) is 0 Å². The minimum atomic E-state index is -5.14. The molecule has 0 atom stereocenters. The Morgan fingerprint density at radius 3 is 1.40 bits per heavy atom. The van der Waals surface area contributed by atoms with Crippen LogP contribution in [0.3, 0.4) is 0 Å². The van der Waals surface area contributed by atoms with Crippen LogP contribution in [0.25, 0.3) is 0 Å². The van der Waals surface area contributed by atoms with Gasteiger partial charge >= 0.3 is 35.9 Å². The van der Waals surface area contributed by atoms with Gasteiger partial charge in [0.25, 0.3) is 0 Å². The average molecular weight is 204 g/mol. The van der Waals surface area contributed by atoms with E-state index in [4.69, 9.17) is 29.1 Å². The van der Waals surface area contributed by atoms with E-state index in [-0.39, 0.29) is 35.9 Å². The minimum absolute atomic E-state index is 0. The zero-order valence-electron chi connectivity index (χ0n) is 4.87. The Morgan fingerprint density at radius 1 is 1.40 bits per heavy atom. The predicted molar refractivity (Wildman–Crippen MR) is 15.9 cm³/mol. The van der Waals surface area contributed by atoms with E-state index in [0.717, 1.165) is 0 Å². The first-order chi connectivity index (χ1) is 3.41. The molecule has 0 aliphatic heterocycles. The summed E-state index contributed by atoms with van der Waals surface area (Å²) in [5.41, 5.74) is 0. The summed E-state index contributed by atoms with van der Waals surface area (Å²) in [7, 11) is -5.14. The molecule has 0 bridgehead atoms. The summed E-state index contributed by atoms with van der Waals surface area (Å²) in [4.78, 5) is 32.5. The number of hydrogen-bond acceptors (Lipinski definition) is 5. The quantitative estimate of drug-likeness (QED) is 0.237. The van der Waals surface area contributed by atoms with Crippen molar-refractivity contribution < 1.29 is 65.1 Å². The van der Waals surface area contributed by atoms with E-state index in [9.17, 15) is 0 Å². The van der Waals surface area contributed by atoms with Crippen LogP contribution in [0, 0.1) is 0 Å². The molecule has 0 saturated heterocycles. The second-order valence-electron chi connectivity index (χ2n) is 0.565. The molecule has 0 spiro atoms. The number of rotatable bonds is 0. The fraction of sp³-hybridized carbons (Fsp3) is 0. The van der Waals surface area contributed by atoms with Crippen molar-refractivity contribution in [3.05, 3.63) is 0 Å². The van der Waals surface area contributed by atoms with Gasteiger partial charge in [-0.15, -0.1) is 0 Å². The molecule has 0 saturated carbocycles. The van der Waals surface area contributed by atoms with Gasteiger partial charge in [0.2, 0.25) is 0 Å². The molecule has 0 fully saturated rings. The molecule has 0 radical (unpaired) electrons. The monoisotopic (exact) mass is 204 g/mol. The maximum absolute atomic E-state index is 8.66. The molecular formula is CH2FeLiO6P. The van der Waals surface area contributed by atoms with E-state index < -0.39 is 14.3 Å². The Labute approximate surface area is 79.5 Å². The molecule has 0 rings (SSSR count). The SMILES string of the molecule is O=C[O-].O=P([O-])([O-])O.[Fe+2].[Li+]. The predicted octanol–water partition coefficient (Wildman–Crippen LogP) is -6.82. The molecule has 0 aromatic heterocycles. The summed E-state index contributed by atoms with van der Waals surface area (Å²) in [5.74, 6) is 0. The maximum atomic E-state index is 8.66. The molecule has 0 unspecified atom stereocenters. The molecule has 0 aromatic rings. The molecule has 56 valence electrons.